The molecular formula is C17H36OSn. The molecule has 0 rings (SSSR count). The van der Waals surface area contributed by atoms with Gasteiger partial charge in [0.05, 0.1) is 0 Å². The van der Waals surface area contributed by atoms with E-state index in [1.165, 1.54) is 87.9 Å². The fourth-order valence-corrected chi connectivity index (χ4v) is 4.58. The molecule has 0 aliphatic carbocycles. The minimum absolute atomic E-state index is 0.422. The third-order valence-corrected chi connectivity index (χ3v) is 6.34. The Balaban J connectivity index is 2.88. The molecule has 0 unspecified atom stereocenters. The number of hydrogen-bond donors (Lipinski definition) is 0. The van der Waals surface area contributed by atoms with E-state index in [1.54, 1.807) is 0 Å². The van der Waals surface area contributed by atoms with Gasteiger partial charge in [-0.2, -0.15) is 0 Å². The monoisotopic (exact) mass is 376 g/mol. The van der Waals surface area contributed by atoms with Gasteiger partial charge >= 0.3 is 126 Å². The molecule has 0 atom stereocenters. The Labute approximate surface area is 133 Å². The minimum atomic E-state index is -0.422. The van der Waals surface area contributed by atoms with Gasteiger partial charge in [0, 0.05) is 0 Å². The molecule has 2 radical (unpaired) electrons. The molecule has 0 saturated heterocycles. The zero-order chi connectivity index (χ0) is 14.0. The number of hydrogen-bond acceptors (Lipinski definition) is 1. The first-order valence-corrected chi connectivity index (χ1v) is 11.9. The van der Waals surface area contributed by atoms with E-state index in [4.69, 9.17) is 3.07 Å². The molecule has 114 valence electrons. The Morgan fingerprint density at radius 2 is 1.05 bits per heavy atom. The van der Waals surface area contributed by atoms with E-state index < -0.39 is 21.6 Å². The van der Waals surface area contributed by atoms with Gasteiger partial charge in [0.25, 0.3) is 0 Å². The average Bonchev–Trinajstić information content (AvgIpc) is 2.43. The van der Waals surface area contributed by atoms with Crippen LogP contribution < -0.4 is 0 Å². The summed E-state index contributed by atoms with van der Waals surface area (Å²) < 4.78 is 7.17. The van der Waals surface area contributed by atoms with Crippen molar-refractivity contribution in [1.29, 1.82) is 0 Å². The molecule has 2 heteroatoms. The predicted octanol–water partition coefficient (Wildman–Crippen LogP) is 6.15. The van der Waals surface area contributed by atoms with Gasteiger partial charge in [0.15, 0.2) is 0 Å². The normalized spacial score (nSPS) is 11.1. The van der Waals surface area contributed by atoms with E-state index in [0.717, 1.165) is 6.61 Å². The second-order valence-electron chi connectivity index (χ2n) is 5.63. The first kappa shape index (κ1) is 19.8. The van der Waals surface area contributed by atoms with Gasteiger partial charge in [-0.05, 0) is 0 Å². The number of unbranched alkanes of at least 4 members (excludes halogenated alkanes) is 11. The van der Waals surface area contributed by atoms with Crippen molar-refractivity contribution in [2.24, 2.45) is 0 Å². The second-order valence-corrected chi connectivity index (χ2v) is 8.71. The zero-order valence-electron chi connectivity index (χ0n) is 13.5. The molecule has 0 aromatic carbocycles. The van der Waals surface area contributed by atoms with Crippen molar-refractivity contribution in [3.63, 3.8) is 0 Å². The Kier molecular flexibility index (Phi) is 19.5. The standard InChI is InChI=1S/C13H27.C4H9O.Sn/c1-3-5-7-9-11-13-12-10-8-6-4-2;1-2-3-4-5;/h1,3-13H2,2H3;2-4H2,1H3;/q;-1;+1. The first-order chi connectivity index (χ1) is 9.41. The molecule has 1 nitrogen and oxygen atoms in total. The third-order valence-electron chi connectivity index (χ3n) is 3.58. The van der Waals surface area contributed by atoms with Crippen molar-refractivity contribution < 1.29 is 3.07 Å². The summed E-state index contributed by atoms with van der Waals surface area (Å²) in [6, 6.07) is 0. The van der Waals surface area contributed by atoms with Crippen LogP contribution in [-0.2, 0) is 3.07 Å². The van der Waals surface area contributed by atoms with Crippen LogP contribution >= 0.6 is 0 Å². The molecule has 0 saturated carbocycles. The summed E-state index contributed by atoms with van der Waals surface area (Å²) in [6.07, 6.45) is 18.5. The van der Waals surface area contributed by atoms with Gasteiger partial charge in [-0.15, -0.1) is 0 Å². The van der Waals surface area contributed by atoms with E-state index in [2.05, 4.69) is 13.8 Å². The fourth-order valence-electron chi connectivity index (χ4n) is 2.22. The Morgan fingerprint density at radius 3 is 1.58 bits per heavy atom. The van der Waals surface area contributed by atoms with Crippen molar-refractivity contribution >= 4 is 21.6 Å². The molecule has 0 aliphatic rings. The van der Waals surface area contributed by atoms with Gasteiger partial charge in [-0.3, -0.25) is 0 Å². The maximum absolute atomic E-state index is 5.74. The molecule has 0 amide bonds. The van der Waals surface area contributed by atoms with E-state index in [9.17, 15) is 0 Å². The van der Waals surface area contributed by atoms with Crippen LogP contribution in [0.3, 0.4) is 0 Å². The Morgan fingerprint density at radius 1 is 0.579 bits per heavy atom. The third kappa shape index (κ3) is 18.8. The van der Waals surface area contributed by atoms with Gasteiger partial charge in [0.2, 0.25) is 0 Å². The van der Waals surface area contributed by atoms with Gasteiger partial charge < -0.3 is 0 Å². The second kappa shape index (κ2) is 18.8. The molecule has 0 spiro atoms. The molecule has 19 heavy (non-hydrogen) atoms. The van der Waals surface area contributed by atoms with Crippen molar-refractivity contribution in [2.45, 2.75) is 102 Å². The van der Waals surface area contributed by atoms with Crippen LogP contribution in [-0.4, -0.2) is 28.2 Å². The molecule has 0 bridgehead atoms. The van der Waals surface area contributed by atoms with Crippen LogP contribution in [0.5, 0.6) is 0 Å². The first-order valence-electron chi connectivity index (χ1n) is 8.76. The molecule has 0 N–H and O–H groups in total. The number of rotatable bonds is 16. The molecule has 0 aliphatic heterocycles. The van der Waals surface area contributed by atoms with Crippen LogP contribution in [0.4, 0.5) is 0 Å². The summed E-state index contributed by atoms with van der Waals surface area (Å²) in [7, 11) is 0. The molecule has 0 fully saturated rings. The topological polar surface area (TPSA) is 9.23 Å². The Bertz CT molecular complexity index is 134. The van der Waals surface area contributed by atoms with Crippen molar-refractivity contribution in [3.8, 4) is 0 Å². The summed E-state index contributed by atoms with van der Waals surface area (Å²) in [6.45, 7) is 5.57. The molecule has 0 aromatic heterocycles. The van der Waals surface area contributed by atoms with Crippen LogP contribution in [0, 0.1) is 0 Å². The van der Waals surface area contributed by atoms with E-state index in [1.807, 2.05) is 0 Å². The van der Waals surface area contributed by atoms with Crippen molar-refractivity contribution in [1.82, 2.24) is 0 Å². The SMILES string of the molecule is CCCCCCCCCCCC[CH2][Sn][O]CCCC. The summed E-state index contributed by atoms with van der Waals surface area (Å²) >= 11 is -0.422. The quantitative estimate of drug-likeness (QED) is 0.232. The summed E-state index contributed by atoms with van der Waals surface area (Å²) in [5.74, 6) is 0. The van der Waals surface area contributed by atoms with E-state index >= 15 is 0 Å². The average molecular weight is 375 g/mol. The van der Waals surface area contributed by atoms with Gasteiger partial charge in [0.1, 0.15) is 0 Å². The summed E-state index contributed by atoms with van der Waals surface area (Å²) in [5, 5.41) is 0. The van der Waals surface area contributed by atoms with Crippen molar-refractivity contribution in [3.05, 3.63) is 0 Å². The zero-order valence-corrected chi connectivity index (χ0v) is 16.4. The van der Waals surface area contributed by atoms with E-state index in [0.29, 0.717) is 0 Å². The summed E-state index contributed by atoms with van der Waals surface area (Å²) in [5.41, 5.74) is 0. The predicted molar refractivity (Wildman–Crippen MR) is 87.9 cm³/mol. The van der Waals surface area contributed by atoms with Crippen molar-refractivity contribution in [2.75, 3.05) is 6.61 Å². The Hall–Kier alpha value is 0.759. The van der Waals surface area contributed by atoms with Gasteiger partial charge in [-0.25, -0.2) is 0 Å². The molecule has 0 aromatic rings. The van der Waals surface area contributed by atoms with E-state index in [-0.39, 0.29) is 0 Å². The molecular weight excluding hydrogens is 339 g/mol. The summed E-state index contributed by atoms with van der Waals surface area (Å²) in [4.78, 5) is 0. The van der Waals surface area contributed by atoms with Crippen LogP contribution in [0.25, 0.3) is 0 Å². The van der Waals surface area contributed by atoms with Crippen LogP contribution in [0.2, 0.25) is 4.44 Å². The van der Waals surface area contributed by atoms with Gasteiger partial charge in [-0.1, -0.05) is 6.92 Å². The fraction of sp³-hybridized carbons (Fsp3) is 1.00. The molecule has 0 heterocycles. The van der Waals surface area contributed by atoms with Crippen LogP contribution in [0.15, 0.2) is 0 Å². The van der Waals surface area contributed by atoms with Crippen LogP contribution in [0.1, 0.15) is 97.3 Å². The maximum atomic E-state index is 5.74.